The Bertz CT molecular complexity index is 910. The summed E-state index contributed by atoms with van der Waals surface area (Å²) in [6.45, 7) is 10.0. The van der Waals surface area contributed by atoms with Crippen molar-refractivity contribution < 1.29 is 24.1 Å². The van der Waals surface area contributed by atoms with E-state index in [0.717, 1.165) is 13.1 Å². The topological polar surface area (TPSA) is 68.2 Å². The molecule has 1 saturated heterocycles. The summed E-state index contributed by atoms with van der Waals surface area (Å²) in [5, 5.41) is 10.4. The smallest absolute Gasteiger partial charge is 0.210 e. The number of phenols is 1. The van der Waals surface area contributed by atoms with Gasteiger partial charge >= 0.3 is 0 Å². The molecule has 2 aromatic carbocycles. The molecule has 2 heterocycles. The highest BCUT2D eigenvalue weighted by atomic mass is 16.5. The van der Waals surface area contributed by atoms with Crippen LogP contribution in [0.1, 0.15) is 42.3 Å². The maximum Gasteiger partial charge on any atom is 0.210 e. The number of ether oxygens (including phenoxy) is 3. The first-order valence-corrected chi connectivity index (χ1v) is 10.4. The van der Waals surface area contributed by atoms with E-state index >= 15 is 0 Å². The number of fused-ring (bicyclic) bond motifs is 1. The molecule has 4 rings (SSSR count). The summed E-state index contributed by atoms with van der Waals surface area (Å²) in [6, 6.07) is 11.0. The summed E-state index contributed by atoms with van der Waals surface area (Å²) in [6.07, 6.45) is -0.709. The van der Waals surface area contributed by atoms with Crippen molar-refractivity contribution >= 4 is 5.78 Å². The average Bonchev–Trinajstić information content (AvgIpc) is 2.72. The van der Waals surface area contributed by atoms with E-state index in [1.807, 2.05) is 24.3 Å². The van der Waals surface area contributed by atoms with E-state index in [1.54, 1.807) is 12.1 Å². The number of hydrogen-bond acceptors (Lipinski definition) is 6. The van der Waals surface area contributed by atoms with Gasteiger partial charge in [-0.1, -0.05) is 32.9 Å². The summed E-state index contributed by atoms with van der Waals surface area (Å²) < 4.78 is 17.3. The monoisotopic (exact) mass is 411 g/mol. The fraction of sp³-hybridized carbons (Fsp3) is 0.458. The number of ketones is 1. The molecule has 6 nitrogen and oxygen atoms in total. The van der Waals surface area contributed by atoms with Crippen LogP contribution in [0.4, 0.5) is 0 Å². The minimum atomic E-state index is -0.709. The largest absolute Gasteiger partial charge is 0.507 e. The molecule has 160 valence electrons. The normalized spacial score (nSPS) is 19.8. The Hall–Kier alpha value is -2.57. The number of rotatable bonds is 4. The van der Waals surface area contributed by atoms with Crippen molar-refractivity contribution in [2.24, 2.45) is 0 Å². The van der Waals surface area contributed by atoms with Gasteiger partial charge < -0.3 is 19.3 Å². The number of hydrogen-bond donors (Lipinski definition) is 1. The number of nitrogens with zero attached hydrogens (tertiary/aromatic N) is 1. The van der Waals surface area contributed by atoms with Crippen LogP contribution in [0.25, 0.3) is 0 Å². The van der Waals surface area contributed by atoms with Crippen molar-refractivity contribution in [3.8, 4) is 17.2 Å². The lowest BCUT2D eigenvalue weighted by molar-refractivity contribution is 0.0328. The van der Waals surface area contributed by atoms with Crippen LogP contribution in [0.5, 0.6) is 17.2 Å². The van der Waals surface area contributed by atoms with E-state index in [-0.39, 0.29) is 23.6 Å². The molecule has 1 fully saturated rings. The van der Waals surface area contributed by atoms with Crippen LogP contribution in [-0.2, 0) is 16.7 Å². The van der Waals surface area contributed by atoms with Crippen molar-refractivity contribution in [1.82, 2.24) is 4.90 Å². The van der Waals surface area contributed by atoms with Gasteiger partial charge in [0.15, 0.2) is 6.10 Å². The van der Waals surface area contributed by atoms with Crippen LogP contribution in [0, 0.1) is 0 Å². The van der Waals surface area contributed by atoms with Crippen LogP contribution < -0.4 is 9.47 Å². The average molecular weight is 411 g/mol. The fourth-order valence-electron chi connectivity index (χ4n) is 3.81. The van der Waals surface area contributed by atoms with Crippen molar-refractivity contribution in [2.45, 2.75) is 38.8 Å². The third-order valence-corrected chi connectivity index (χ3v) is 5.66. The van der Waals surface area contributed by atoms with Gasteiger partial charge in [-0.2, -0.15) is 0 Å². The molecule has 0 spiro atoms. The van der Waals surface area contributed by atoms with Gasteiger partial charge in [0.25, 0.3) is 0 Å². The van der Waals surface area contributed by atoms with Gasteiger partial charge in [0.1, 0.15) is 23.9 Å². The molecule has 0 radical (unpaired) electrons. The van der Waals surface area contributed by atoms with Gasteiger partial charge in [-0.05, 0) is 35.2 Å². The van der Waals surface area contributed by atoms with E-state index < -0.39 is 6.10 Å². The molecule has 2 aliphatic heterocycles. The van der Waals surface area contributed by atoms with Crippen LogP contribution >= 0.6 is 0 Å². The SMILES string of the molecule is CC(C)(C)c1ccc(OC2COc3c(ccc(O)c3CN3CCOCC3)C2=O)cc1. The van der Waals surface area contributed by atoms with E-state index in [0.29, 0.717) is 42.4 Å². The van der Waals surface area contributed by atoms with Gasteiger partial charge in [-0.25, -0.2) is 0 Å². The minimum Gasteiger partial charge on any atom is -0.507 e. The lowest BCUT2D eigenvalue weighted by Gasteiger charge is -2.30. The zero-order chi connectivity index (χ0) is 21.3. The van der Waals surface area contributed by atoms with Crippen molar-refractivity contribution in [2.75, 3.05) is 32.9 Å². The molecule has 0 aliphatic carbocycles. The number of phenolic OH excluding ortho intramolecular Hbond substituents is 1. The molecule has 6 heteroatoms. The first kappa shape index (κ1) is 20.7. The lowest BCUT2D eigenvalue weighted by atomic mass is 9.87. The minimum absolute atomic E-state index is 0.0557. The molecule has 2 aromatic rings. The molecule has 1 unspecified atom stereocenters. The second-order valence-electron chi connectivity index (χ2n) is 8.88. The molecule has 1 atom stereocenters. The van der Waals surface area contributed by atoms with Crippen LogP contribution in [-0.4, -0.2) is 54.8 Å². The maximum atomic E-state index is 13.1. The zero-order valence-corrected chi connectivity index (χ0v) is 17.8. The summed E-state index contributed by atoms with van der Waals surface area (Å²) in [4.78, 5) is 15.3. The van der Waals surface area contributed by atoms with E-state index in [2.05, 4.69) is 25.7 Å². The summed E-state index contributed by atoms with van der Waals surface area (Å²) >= 11 is 0. The maximum absolute atomic E-state index is 13.1. The highest BCUT2D eigenvalue weighted by Crippen LogP contribution is 2.37. The molecule has 1 N–H and O–H groups in total. The number of Topliss-reactive ketones (excluding diaryl/α,β-unsaturated/α-hetero) is 1. The standard InChI is InChI=1S/C24H29NO5/c1-24(2,3)16-4-6-17(7-5-16)30-21-15-29-23-18(22(21)27)8-9-20(26)19(23)14-25-10-12-28-13-11-25/h4-9,21,26H,10-15H2,1-3H3. The Balaban J connectivity index is 1.51. The van der Waals surface area contributed by atoms with Gasteiger partial charge in [-0.15, -0.1) is 0 Å². The van der Waals surface area contributed by atoms with Crippen LogP contribution in [0.2, 0.25) is 0 Å². The van der Waals surface area contributed by atoms with Crippen LogP contribution in [0.15, 0.2) is 36.4 Å². The summed E-state index contributed by atoms with van der Waals surface area (Å²) in [5.41, 5.74) is 2.36. The number of carbonyl (C=O) groups excluding carboxylic acids is 1. The lowest BCUT2D eigenvalue weighted by Crippen LogP contribution is -2.39. The second kappa shape index (κ2) is 8.28. The summed E-state index contributed by atoms with van der Waals surface area (Å²) in [7, 11) is 0. The molecule has 0 aromatic heterocycles. The van der Waals surface area contributed by atoms with E-state index in [1.165, 1.54) is 5.56 Å². The van der Waals surface area contributed by atoms with Gasteiger partial charge in [-0.3, -0.25) is 9.69 Å². The molecular weight excluding hydrogens is 382 g/mol. The molecule has 30 heavy (non-hydrogen) atoms. The highest BCUT2D eigenvalue weighted by Gasteiger charge is 2.33. The molecule has 2 aliphatic rings. The van der Waals surface area contributed by atoms with Crippen molar-refractivity contribution in [3.05, 3.63) is 53.1 Å². The van der Waals surface area contributed by atoms with E-state index in [4.69, 9.17) is 14.2 Å². The number of aromatic hydroxyl groups is 1. The molecule has 0 bridgehead atoms. The van der Waals surface area contributed by atoms with Crippen molar-refractivity contribution in [1.29, 1.82) is 0 Å². The Morgan fingerprint density at radius 2 is 1.80 bits per heavy atom. The molecular formula is C24H29NO5. The summed E-state index contributed by atoms with van der Waals surface area (Å²) in [5.74, 6) is 1.12. The highest BCUT2D eigenvalue weighted by molar-refractivity contribution is 6.03. The van der Waals surface area contributed by atoms with Crippen molar-refractivity contribution in [3.63, 3.8) is 0 Å². The Morgan fingerprint density at radius 1 is 1.10 bits per heavy atom. The predicted molar refractivity (Wildman–Crippen MR) is 114 cm³/mol. The fourth-order valence-corrected chi connectivity index (χ4v) is 3.81. The number of morpholine rings is 1. The third kappa shape index (κ3) is 4.30. The Morgan fingerprint density at radius 3 is 2.47 bits per heavy atom. The first-order valence-electron chi connectivity index (χ1n) is 10.4. The Labute approximate surface area is 177 Å². The van der Waals surface area contributed by atoms with Gasteiger partial charge in [0.05, 0.1) is 24.3 Å². The molecule has 0 amide bonds. The zero-order valence-electron chi connectivity index (χ0n) is 17.8. The second-order valence-corrected chi connectivity index (χ2v) is 8.88. The van der Waals surface area contributed by atoms with Gasteiger partial charge in [0, 0.05) is 19.6 Å². The number of benzene rings is 2. The predicted octanol–water partition coefficient (Wildman–Crippen LogP) is 3.54. The van der Waals surface area contributed by atoms with Crippen LogP contribution in [0.3, 0.4) is 0 Å². The van der Waals surface area contributed by atoms with Gasteiger partial charge in [0.2, 0.25) is 5.78 Å². The van der Waals surface area contributed by atoms with E-state index in [9.17, 15) is 9.90 Å². The first-order chi connectivity index (χ1) is 14.3. The Kier molecular flexibility index (Phi) is 5.71. The number of carbonyl (C=O) groups is 1. The quantitative estimate of drug-likeness (QED) is 0.830. The molecule has 0 saturated carbocycles. The third-order valence-electron chi connectivity index (χ3n) is 5.66.